The Balaban J connectivity index is 1.44. The summed E-state index contributed by atoms with van der Waals surface area (Å²) in [4.78, 5) is 20.1. The van der Waals surface area contributed by atoms with Gasteiger partial charge in [-0.15, -0.1) is 0 Å². The number of nitrogens with zero attached hydrogens (tertiary/aromatic N) is 3. The van der Waals surface area contributed by atoms with Gasteiger partial charge in [0.15, 0.2) is 0 Å². The fourth-order valence-corrected chi connectivity index (χ4v) is 6.38. The molecule has 1 saturated heterocycles. The van der Waals surface area contributed by atoms with E-state index in [1.54, 1.807) is 11.1 Å². The molecule has 0 saturated carbocycles. The first-order valence-corrected chi connectivity index (χ1v) is 13.7. The number of pyridine rings is 1. The molecule has 38 heavy (non-hydrogen) atoms. The topological polar surface area (TPSA) is 70.6 Å². The lowest BCUT2D eigenvalue weighted by atomic mass is 9.76. The number of aromatic nitrogens is 1. The molecule has 0 bridgehead atoms. The van der Waals surface area contributed by atoms with Crippen LogP contribution in [0, 0.1) is 0 Å². The normalized spacial score (nSPS) is 17.2. The number of hydrogen-bond acceptors (Lipinski definition) is 4. The highest BCUT2D eigenvalue weighted by Crippen LogP contribution is 2.49. The van der Waals surface area contributed by atoms with Gasteiger partial charge in [-0.2, -0.15) is 17.5 Å². The molecule has 0 unspecified atom stereocenters. The number of rotatable bonds is 4. The Hall–Kier alpha value is -3.76. The van der Waals surface area contributed by atoms with Crippen molar-refractivity contribution in [2.24, 2.45) is 0 Å². The van der Waals surface area contributed by atoms with E-state index in [1.165, 1.54) is 16.4 Å². The second-order valence-corrected chi connectivity index (χ2v) is 11.7. The highest BCUT2D eigenvalue weighted by molar-refractivity contribution is 7.88. The molecule has 194 valence electrons. The van der Waals surface area contributed by atoms with Crippen molar-refractivity contribution >= 4 is 32.4 Å². The van der Waals surface area contributed by atoms with Crippen molar-refractivity contribution in [3.8, 4) is 11.1 Å². The van der Waals surface area contributed by atoms with E-state index in [0.29, 0.717) is 22.5 Å². The zero-order valence-corrected chi connectivity index (χ0v) is 21.1. The molecule has 6 nitrogen and oxygen atoms in total. The van der Waals surface area contributed by atoms with Gasteiger partial charge in [-0.05, 0) is 34.7 Å². The van der Waals surface area contributed by atoms with E-state index in [9.17, 15) is 26.4 Å². The predicted molar refractivity (Wildman–Crippen MR) is 138 cm³/mol. The summed E-state index contributed by atoms with van der Waals surface area (Å²) < 4.78 is 65.1. The van der Waals surface area contributed by atoms with Gasteiger partial charge in [-0.1, -0.05) is 54.6 Å². The number of carbonyl (C=O) groups is 1. The van der Waals surface area contributed by atoms with Gasteiger partial charge in [-0.25, -0.2) is 8.42 Å². The van der Waals surface area contributed by atoms with Crippen molar-refractivity contribution < 1.29 is 26.4 Å². The summed E-state index contributed by atoms with van der Waals surface area (Å²) in [5.41, 5.74) is 1.46. The minimum absolute atomic E-state index is 0.0646. The van der Waals surface area contributed by atoms with Crippen LogP contribution in [0.15, 0.2) is 79.0 Å². The lowest BCUT2D eigenvalue weighted by molar-refractivity contribution is -0.137. The van der Waals surface area contributed by atoms with Crippen LogP contribution in [0.2, 0.25) is 0 Å². The molecule has 0 radical (unpaired) electrons. The largest absolute Gasteiger partial charge is 0.416 e. The summed E-state index contributed by atoms with van der Waals surface area (Å²) in [6.07, 6.45) is -1.64. The molecule has 0 atom stereocenters. The maximum atomic E-state index is 13.9. The maximum absolute atomic E-state index is 13.9. The number of alkyl halides is 3. The van der Waals surface area contributed by atoms with Crippen LogP contribution in [0.1, 0.15) is 16.8 Å². The third-order valence-electron chi connectivity index (χ3n) is 7.41. The van der Waals surface area contributed by atoms with Crippen molar-refractivity contribution in [2.75, 3.05) is 24.2 Å². The molecule has 0 aliphatic carbocycles. The Bertz CT molecular complexity index is 1700. The first-order valence-electron chi connectivity index (χ1n) is 11.9. The lowest BCUT2D eigenvalue weighted by Crippen LogP contribution is -2.64. The van der Waals surface area contributed by atoms with Crippen LogP contribution >= 0.6 is 0 Å². The molecular weight excluding hydrogens is 515 g/mol. The first kappa shape index (κ1) is 24.6. The van der Waals surface area contributed by atoms with Crippen LogP contribution in [-0.2, 0) is 33.0 Å². The van der Waals surface area contributed by atoms with Gasteiger partial charge in [-0.3, -0.25) is 9.78 Å². The number of amides is 1. The summed E-state index contributed by atoms with van der Waals surface area (Å²) in [5.74, 6) is -0.216. The third-order valence-corrected chi connectivity index (χ3v) is 8.61. The van der Waals surface area contributed by atoms with E-state index in [0.717, 1.165) is 34.7 Å². The predicted octanol–water partition coefficient (Wildman–Crippen LogP) is 4.98. The SMILES string of the molecule is CS(=O)(=O)N1CC2(C1)C(=O)N(Cc1ncc3ccccc3c1-c1ccc(C(F)(F)F)cc1)c1ccccc12. The molecule has 10 heteroatoms. The first-order chi connectivity index (χ1) is 18.0. The van der Waals surface area contributed by atoms with Gasteiger partial charge >= 0.3 is 6.18 Å². The summed E-state index contributed by atoms with van der Waals surface area (Å²) in [6.45, 7) is 0.210. The average Bonchev–Trinajstić information content (AvgIpc) is 3.10. The van der Waals surface area contributed by atoms with Crippen molar-refractivity contribution in [3.05, 3.63) is 95.8 Å². The molecular formula is C28H22F3N3O3S. The second-order valence-electron chi connectivity index (χ2n) is 9.76. The monoisotopic (exact) mass is 537 g/mol. The van der Waals surface area contributed by atoms with Gasteiger partial charge in [0.1, 0.15) is 5.41 Å². The summed E-state index contributed by atoms with van der Waals surface area (Å²) >= 11 is 0. The van der Waals surface area contributed by atoms with Crippen LogP contribution in [-0.4, -0.2) is 43.0 Å². The van der Waals surface area contributed by atoms with E-state index in [-0.39, 0.29) is 25.5 Å². The molecule has 4 aromatic rings. The van der Waals surface area contributed by atoms with Crippen molar-refractivity contribution in [2.45, 2.75) is 18.1 Å². The lowest BCUT2D eigenvalue weighted by Gasteiger charge is -2.45. The summed E-state index contributed by atoms with van der Waals surface area (Å²) in [6, 6.07) is 19.7. The second kappa shape index (κ2) is 8.37. The number of benzene rings is 3. The summed E-state index contributed by atoms with van der Waals surface area (Å²) in [7, 11) is -3.44. The number of para-hydroxylation sites is 1. The third kappa shape index (κ3) is 3.78. The smallest absolute Gasteiger partial charge is 0.305 e. The summed E-state index contributed by atoms with van der Waals surface area (Å²) in [5, 5.41) is 1.62. The molecule has 1 spiro atoms. The van der Waals surface area contributed by atoms with Crippen LogP contribution in [0.4, 0.5) is 18.9 Å². The van der Waals surface area contributed by atoms with Gasteiger partial charge in [0, 0.05) is 35.9 Å². The number of fused-ring (bicyclic) bond motifs is 3. The highest BCUT2D eigenvalue weighted by atomic mass is 32.2. The zero-order chi connectivity index (χ0) is 26.9. The Morgan fingerprint density at radius 1 is 0.947 bits per heavy atom. The zero-order valence-electron chi connectivity index (χ0n) is 20.2. The Labute approximate surface area is 217 Å². The standard InChI is InChI=1S/C28H22F3N3O3S/c1-38(36,37)33-16-27(17-33)22-8-4-5-9-24(22)34(26(27)35)15-23-25(21-7-3-2-6-19(21)14-32-23)18-10-12-20(13-11-18)28(29,30)31/h2-14H,15-17H2,1H3. The average molecular weight is 538 g/mol. The van der Waals surface area contributed by atoms with Crippen LogP contribution in [0.5, 0.6) is 0 Å². The van der Waals surface area contributed by atoms with E-state index < -0.39 is 27.2 Å². The molecule has 6 rings (SSSR count). The maximum Gasteiger partial charge on any atom is 0.416 e. The van der Waals surface area contributed by atoms with Crippen molar-refractivity contribution in [1.82, 2.24) is 9.29 Å². The molecule has 2 aliphatic rings. The molecule has 1 aromatic heterocycles. The van der Waals surface area contributed by atoms with Crippen molar-refractivity contribution in [3.63, 3.8) is 0 Å². The Kier molecular flexibility index (Phi) is 5.41. The molecule has 1 fully saturated rings. The van der Waals surface area contributed by atoms with Gasteiger partial charge in [0.05, 0.1) is 24.1 Å². The quantitative estimate of drug-likeness (QED) is 0.368. The van der Waals surface area contributed by atoms with Crippen LogP contribution in [0.25, 0.3) is 21.9 Å². The minimum atomic E-state index is -4.46. The molecule has 0 N–H and O–H groups in total. The number of halogens is 3. The molecule has 1 amide bonds. The van der Waals surface area contributed by atoms with E-state index >= 15 is 0 Å². The van der Waals surface area contributed by atoms with E-state index in [2.05, 4.69) is 4.98 Å². The van der Waals surface area contributed by atoms with E-state index in [1.807, 2.05) is 48.5 Å². The fourth-order valence-electron chi connectivity index (χ4n) is 5.47. The van der Waals surface area contributed by atoms with Crippen molar-refractivity contribution in [1.29, 1.82) is 0 Å². The van der Waals surface area contributed by atoms with Gasteiger partial charge in [0.2, 0.25) is 15.9 Å². The highest BCUT2D eigenvalue weighted by Gasteiger charge is 2.60. The molecule has 3 heterocycles. The Morgan fingerprint density at radius 2 is 1.61 bits per heavy atom. The minimum Gasteiger partial charge on any atom is -0.305 e. The fraction of sp³-hybridized carbons (Fsp3) is 0.214. The van der Waals surface area contributed by atoms with E-state index in [4.69, 9.17) is 0 Å². The van der Waals surface area contributed by atoms with Gasteiger partial charge < -0.3 is 4.90 Å². The number of carbonyl (C=O) groups excluding carboxylic acids is 1. The Morgan fingerprint density at radius 3 is 2.29 bits per heavy atom. The number of hydrogen-bond donors (Lipinski definition) is 0. The van der Waals surface area contributed by atoms with Gasteiger partial charge in [0.25, 0.3) is 0 Å². The molecule has 3 aromatic carbocycles. The number of sulfonamides is 1. The van der Waals surface area contributed by atoms with Crippen LogP contribution in [0.3, 0.4) is 0 Å². The molecule has 2 aliphatic heterocycles. The number of anilines is 1. The van der Waals surface area contributed by atoms with Crippen LogP contribution < -0.4 is 4.90 Å².